The number of rotatable bonds is 8. The summed E-state index contributed by atoms with van der Waals surface area (Å²) in [6.07, 6.45) is 2.05. The summed E-state index contributed by atoms with van der Waals surface area (Å²) in [4.78, 5) is 10.9. The molecule has 0 amide bonds. The van der Waals surface area contributed by atoms with Crippen LogP contribution in [0.1, 0.15) is 5.56 Å². The molecule has 4 rings (SSSR count). The van der Waals surface area contributed by atoms with Crippen molar-refractivity contribution in [1.29, 1.82) is 0 Å². The van der Waals surface area contributed by atoms with E-state index in [2.05, 4.69) is 102 Å². The van der Waals surface area contributed by atoms with E-state index in [0.717, 1.165) is 11.3 Å². The number of aliphatic carboxylic acids is 1. The molecule has 166 valence electrons. The van der Waals surface area contributed by atoms with Crippen LogP contribution in [0.4, 0.5) is 5.69 Å². The van der Waals surface area contributed by atoms with Crippen LogP contribution in [0.2, 0.25) is 0 Å². The summed E-state index contributed by atoms with van der Waals surface area (Å²) in [5, 5.41) is 16.2. The molecular weight excluding hydrogens is 449 g/mol. The quantitative estimate of drug-likeness (QED) is 0.386. The van der Waals surface area contributed by atoms with Gasteiger partial charge in [-0.1, -0.05) is 66.7 Å². The van der Waals surface area contributed by atoms with Gasteiger partial charge in [-0.25, -0.2) is 0 Å². The molecule has 4 aromatic carbocycles. The maximum Gasteiger partial charge on any atom is 0.307 e. The second kappa shape index (κ2) is 11.5. The van der Waals surface area contributed by atoms with E-state index in [9.17, 15) is 4.79 Å². The van der Waals surface area contributed by atoms with Crippen LogP contribution in [0, 0.1) is 0 Å². The van der Waals surface area contributed by atoms with Crippen LogP contribution in [-0.4, -0.2) is 11.1 Å². The predicted octanol–water partition coefficient (Wildman–Crippen LogP) is 2.19. The largest absolute Gasteiger partial charge is 1.00 e. The van der Waals surface area contributed by atoms with Crippen LogP contribution >= 0.6 is 7.26 Å². The molecule has 0 aliphatic heterocycles. The van der Waals surface area contributed by atoms with Crippen LogP contribution in [0.25, 0.3) is 0 Å². The fraction of sp³-hybridized carbons (Fsp3) is 0.0357. The van der Waals surface area contributed by atoms with Gasteiger partial charge in [0.1, 0.15) is 23.2 Å². The zero-order valence-electron chi connectivity index (χ0n) is 18.0. The maximum absolute atomic E-state index is 10.9. The SMILES string of the molecule is O=C(O)Cc1ccc(NC=C[P+](c2ccccc2)(c2ccccc2)c2ccccc2)cc1.[Cl-]. The summed E-state index contributed by atoms with van der Waals surface area (Å²) in [5.74, 6) is 1.48. The second-order valence-electron chi connectivity index (χ2n) is 7.46. The normalized spacial score (nSPS) is 11.0. The number of anilines is 1. The summed E-state index contributed by atoms with van der Waals surface area (Å²) >= 11 is 0. The Labute approximate surface area is 201 Å². The highest BCUT2D eigenvalue weighted by Gasteiger charge is 2.43. The minimum absolute atomic E-state index is 0. The van der Waals surface area contributed by atoms with Gasteiger partial charge in [-0.15, -0.1) is 0 Å². The van der Waals surface area contributed by atoms with Gasteiger partial charge in [0.25, 0.3) is 0 Å². The average molecular weight is 474 g/mol. The third-order valence-corrected chi connectivity index (χ3v) is 9.28. The Morgan fingerprint density at radius 2 is 1.12 bits per heavy atom. The molecule has 0 saturated carbocycles. The van der Waals surface area contributed by atoms with E-state index in [-0.39, 0.29) is 18.8 Å². The first-order chi connectivity index (χ1) is 15.7. The smallest absolute Gasteiger partial charge is 0.307 e. The predicted molar refractivity (Wildman–Crippen MR) is 136 cm³/mol. The van der Waals surface area contributed by atoms with Gasteiger partial charge in [0, 0.05) is 11.9 Å². The highest BCUT2D eigenvalue weighted by atomic mass is 35.5. The van der Waals surface area contributed by atoms with E-state index < -0.39 is 13.2 Å². The Hall–Kier alpha value is -3.39. The highest BCUT2D eigenvalue weighted by molar-refractivity contribution is 7.98. The van der Waals surface area contributed by atoms with Crippen molar-refractivity contribution in [3.05, 3.63) is 133 Å². The molecule has 33 heavy (non-hydrogen) atoms. The summed E-state index contributed by atoms with van der Waals surface area (Å²) in [7, 11) is -2.04. The van der Waals surface area contributed by atoms with Crippen LogP contribution in [0.5, 0.6) is 0 Å². The minimum atomic E-state index is -2.04. The van der Waals surface area contributed by atoms with Gasteiger partial charge < -0.3 is 22.8 Å². The topological polar surface area (TPSA) is 49.3 Å². The van der Waals surface area contributed by atoms with Crippen molar-refractivity contribution < 1.29 is 22.3 Å². The first kappa shape index (κ1) is 24.3. The number of carboxylic acid groups (broad SMARTS) is 1. The van der Waals surface area contributed by atoms with Gasteiger partial charge >= 0.3 is 5.97 Å². The van der Waals surface area contributed by atoms with Gasteiger partial charge in [0.15, 0.2) is 0 Å². The number of halogens is 1. The molecule has 2 N–H and O–H groups in total. The van der Waals surface area contributed by atoms with E-state index in [0.29, 0.717) is 0 Å². The summed E-state index contributed by atoms with van der Waals surface area (Å²) in [6.45, 7) is 0. The van der Waals surface area contributed by atoms with Crippen LogP contribution < -0.4 is 33.6 Å². The Morgan fingerprint density at radius 3 is 1.52 bits per heavy atom. The lowest BCUT2D eigenvalue weighted by Crippen LogP contribution is -3.00. The Bertz CT molecular complexity index is 1080. The number of nitrogens with one attached hydrogen (secondary N) is 1. The summed E-state index contributed by atoms with van der Waals surface area (Å²) in [6, 6.07) is 39.5. The van der Waals surface area contributed by atoms with Crippen molar-refractivity contribution in [2.75, 3.05) is 5.32 Å². The third kappa shape index (κ3) is 5.70. The van der Waals surface area contributed by atoms with Crippen LogP contribution in [0.15, 0.2) is 127 Å². The lowest BCUT2D eigenvalue weighted by molar-refractivity contribution is -0.136. The first-order valence-electron chi connectivity index (χ1n) is 10.5. The van der Waals surface area contributed by atoms with Crippen molar-refractivity contribution in [3.8, 4) is 0 Å². The number of carbonyl (C=O) groups is 1. The van der Waals surface area contributed by atoms with Crippen molar-refractivity contribution in [2.24, 2.45) is 0 Å². The molecule has 0 aliphatic rings. The molecule has 4 aromatic rings. The number of carboxylic acids is 1. The molecule has 0 spiro atoms. The van der Waals surface area contributed by atoms with E-state index in [4.69, 9.17) is 5.11 Å². The zero-order chi connectivity index (χ0) is 22.2. The van der Waals surface area contributed by atoms with Crippen molar-refractivity contribution in [1.82, 2.24) is 0 Å². The Morgan fingerprint density at radius 1 is 0.697 bits per heavy atom. The first-order valence-corrected chi connectivity index (χ1v) is 12.3. The molecule has 0 aliphatic carbocycles. The highest BCUT2D eigenvalue weighted by Crippen LogP contribution is 2.56. The minimum Gasteiger partial charge on any atom is -1.00 e. The molecule has 0 fully saturated rings. The Balaban J connectivity index is 0.00000306. The second-order valence-corrected chi connectivity index (χ2v) is 10.7. The molecule has 0 bridgehead atoms. The monoisotopic (exact) mass is 473 g/mol. The Kier molecular flexibility index (Phi) is 8.43. The third-order valence-electron chi connectivity index (χ3n) is 5.35. The van der Waals surface area contributed by atoms with Gasteiger partial charge in [0.2, 0.25) is 0 Å². The van der Waals surface area contributed by atoms with Gasteiger partial charge in [-0.05, 0) is 54.1 Å². The van der Waals surface area contributed by atoms with Gasteiger partial charge in [-0.3, -0.25) is 4.79 Å². The molecule has 0 unspecified atom stereocenters. The molecule has 5 heteroatoms. The fourth-order valence-corrected chi connectivity index (χ4v) is 7.47. The summed E-state index contributed by atoms with van der Waals surface area (Å²) in [5.41, 5.74) is 1.70. The van der Waals surface area contributed by atoms with E-state index in [1.165, 1.54) is 15.9 Å². The van der Waals surface area contributed by atoms with Crippen LogP contribution in [0.3, 0.4) is 0 Å². The molecule has 0 atom stereocenters. The fourth-order valence-electron chi connectivity index (χ4n) is 3.83. The van der Waals surface area contributed by atoms with Crippen molar-refractivity contribution in [2.45, 2.75) is 6.42 Å². The molecule has 0 aromatic heterocycles. The number of hydrogen-bond donors (Lipinski definition) is 2. The molecule has 0 radical (unpaired) electrons. The number of benzene rings is 4. The molecule has 0 heterocycles. The lowest BCUT2D eigenvalue weighted by Gasteiger charge is -2.24. The van der Waals surface area contributed by atoms with E-state index >= 15 is 0 Å². The van der Waals surface area contributed by atoms with E-state index in [1.54, 1.807) is 0 Å². The molecule has 3 nitrogen and oxygen atoms in total. The zero-order valence-corrected chi connectivity index (χ0v) is 19.7. The van der Waals surface area contributed by atoms with Gasteiger partial charge in [0.05, 0.1) is 12.2 Å². The van der Waals surface area contributed by atoms with Gasteiger partial charge in [-0.2, -0.15) is 0 Å². The lowest BCUT2D eigenvalue weighted by atomic mass is 10.1. The standard InChI is InChI=1S/C28H24NO2P.ClH/c30-28(31)22-23-16-18-24(19-17-23)29-20-21-32(25-10-4-1-5-11-25,26-12-6-2-7-13-26)27-14-8-3-9-15-27;/h1-21,29H,22H2;1H. The molecular formula is C28H25ClNO2P. The number of hydrogen-bond acceptors (Lipinski definition) is 2. The maximum atomic E-state index is 10.9. The van der Waals surface area contributed by atoms with Crippen molar-refractivity contribution in [3.63, 3.8) is 0 Å². The summed E-state index contributed by atoms with van der Waals surface area (Å²) < 4.78 is 0. The molecule has 0 saturated heterocycles. The van der Waals surface area contributed by atoms with Crippen molar-refractivity contribution >= 4 is 34.8 Å². The average Bonchev–Trinajstić information content (AvgIpc) is 2.84. The van der Waals surface area contributed by atoms with Crippen LogP contribution in [-0.2, 0) is 11.2 Å². The van der Waals surface area contributed by atoms with E-state index in [1.807, 2.05) is 30.5 Å².